The molecule has 2 aromatic rings. The number of nitrogens with one attached hydrogen (secondary N) is 2. The third-order valence-corrected chi connectivity index (χ3v) is 8.66. The zero-order valence-corrected chi connectivity index (χ0v) is 23.3. The molecule has 9 heteroatoms. The molecular formula is C30H43N5O4. The van der Waals surface area contributed by atoms with Crippen LogP contribution in [0.3, 0.4) is 0 Å². The van der Waals surface area contributed by atoms with Gasteiger partial charge >= 0.3 is 0 Å². The minimum Gasteiger partial charge on any atom is -0.491 e. The molecule has 1 amide bonds. The normalized spacial score (nSPS) is 26.3. The molecule has 1 aliphatic carbocycles. The van der Waals surface area contributed by atoms with Crippen LogP contribution in [0, 0.1) is 5.92 Å². The standard InChI is InChI=1S/C30H43N5O4/c1-37-26-19-39-16-13-25(26)34-24-11-14-35(15-12-24)30(36)27-28(38-2)29(33-20-32-27)31-18-21-7-6-10-23(17-21)22-8-4-3-5-9-22/h3-5,8-9,20-21,23-26,34H,6-7,10-19H2,1-2H3,(H,31,32,33)/t21-,23+,25+,26-/m0/s1. The number of nitrogens with zero attached hydrogens (tertiary/aromatic N) is 3. The predicted octanol–water partition coefficient (Wildman–Crippen LogP) is 3.87. The highest BCUT2D eigenvalue weighted by molar-refractivity contribution is 5.96. The minimum atomic E-state index is -0.0987. The Kier molecular flexibility index (Phi) is 9.66. The first-order chi connectivity index (χ1) is 19.2. The number of carbonyl (C=O) groups is 1. The fourth-order valence-corrected chi connectivity index (χ4v) is 6.43. The largest absolute Gasteiger partial charge is 0.491 e. The minimum absolute atomic E-state index is 0.0763. The van der Waals surface area contributed by atoms with Crippen molar-refractivity contribution < 1.29 is 19.0 Å². The molecule has 3 heterocycles. The topological polar surface area (TPSA) is 97.8 Å². The van der Waals surface area contributed by atoms with E-state index in [2.05, 4.69) is 50.9 Å². The van der Waals surface area contributed by atoms with Crippen molar-refractivity contribution in [3.05, 3.63) is 47.9 Å². The summed E-state index contributed by atoms with van der Waals surface area (Å²) in [5.41, 5.74) is 1.76. The van der Waals surface area contributed by atoms with Crippen LogP contribution in [0.1, 0.15) is 66.9 Å². The molecular weight excluding hydrogens is 494 g/mol. The molecule has 1 aromatic carbocycles. The molecule has 1 saturated carbocycles. The van der Waals surface area contributed by atoms with E-state index in [1.807, 2.05) is 4.90 Å². The number of likely N-dealkylation sites (tertiary alicyclic amines) is 1. The Morgan fingerprint density at radius 3 is 2.67 bits per heavy atom. The number of rotatable bonds is 9. The van der Waals surface area contributed by atoms with Crippen molar-refractivity contribution in [3.8, 4) is 5.75 Å². The fourth-order valence-electron chi connectivity index (χ4n) is 6.43. The number of anilines is 1. The van der Waals surface area contributed by atoms with E-state index in [0.717, 1.165) is 38.8 Å². The van der Waals surface area contributed by atoms with Crippen LogP contribution < -0.4 is 15.4 Å². The van der Waals surface area contributed by atoms with E-state index in [1.165, 1.54) is 31.2 Å². The van der Waals surface area contributed by atoms with Crippen molar-refractivity contribution in [1.29, 1.82) is 0 Å². The Labute approximate surface area is 232 Å². The van der Waals surface area contributed by atoms with Crippen molar-refractivity contribution in [1.82, 2.24) is 20.2 Å². The summed E-state index contributed by atoms with van der Waals surface area (Å²) < 4.78 is 16.8. The monoisotopic (exact) mass is 537 g/mol. The first-order valence-electron chi connectivity index (χ1n) is 14.5. The average Bonchev–Trinajstić information content (AvgIpc) is 3.00. The molecule has 0 bridgehead atoms. The molecule has 3 aliphatic rings. The number of aromatic nitrogens is 2. The van der Waals surface area contributed by atoms with Gasteiger partial charge in [0.1, 0.15) is 6.33 Å². The lowest BCUT2D eigenvalue weighted by Gasteiger charge is -2.38. The molecule has 9 nitrogen and oxygen atoms in total. The molecule has 2 N–H and O–H groups in total. The molecule has 212 valence electrons. The lowest BCUT2D eigenvalue weighted by molar-refractivity contribution is -0.0533. The Morgan fingerprint density at radius 2 is 1.90 bits per heavy atom. The number of amides is 1. The molecule has 1 aromatic heterocycles. The number of ether oxygens (including phenoxy) is 3. The Hall–Kier alpha value is -2.75. The molecule has 0 radical (unpaired) electrons. The van der Waals surface area contributed by atoms with Gasteiger partial charge in [-0.15, -0.1) is 0 Å². The SMILES string of the molecule is COc1c(NC[C@H]2CCC[C@@H](c3ccccc3)C2)ncnc1C(=O)N1CCC(N[C@@H]2CCOC[C@@H]2OC)CC1. The van der Waals surface area contributed by atoms with Gasteiger partial charge in [0.05, 0.1) is 19.8 Å². The fraction of sp³-hybridized carbons (Fsp3) is 0.633. The van der Waals surface area contributed by atoms with Crippen molar-refractivity contribution >= 4 is 11.7 Å². The third kappa shape index (κ3) is 6.88. The van der Waals surface area contributed by atoms with E-state index in [0.29, 0.717) is 60.9 Å². The quantitative estimate of drug-likeness (QED) is 0.498. The first kappa shape index (κ1) is 27.8. The number of hydrogen-bond donors (Lipinski definition) is 2. The Balaban J connectivity index is 1.16. The number of hydrogen-bond acceptors (Lipinski definition) is 8. The van der Waals surface area contributed by atoms with Gasteiger partial charge in [0.2, 0.25) is 0 Å². The van der Waals surface area contributed by atoms with Gasteiger partial charge in [-0.3, -0.25) is 4.79 Å². The van der Waals surface area contributed by atoms with Crippen molar-refractivity contribution in [2.75, 3.05) is 52.4 Å². The predicted molar refractivity (Wildman–Crippen MR) is 150 cm³/mol. The van der Waals surface area contributed by atoms with E-state index < -0.39 is 0 Å². The molecule has 3 fully saturated rings. The molecule has 2 saturated heterocycles. The second-order valence-electron chi connectivity index (χ2n) is 11.1. The lowest BCUT2D eigenvalue weighted by Crippen LogP contribution is -2.54. The molecule has 2 aliphatic heterocycles. The summed E-state index contributed by atoms with van der Waals surface area (Å²) in [4.78, 5) is 24.2. The van der Waals surface area contributed by atoms with Crippen LogP contribution in [0.5, 0.6) is 5.75 Å². The van der Waals surface area contributed by atoms with E-state index in [1.54, 1.807) is 14.2 Å². The number of methoxy groups -OCH3 is 2. The van der Waals surface area contributed by atoms with E-state index in [9.17, 15) is 4.79 Å². The van der Waals surface area contributed by atoms with Gasteiger partial charge in [-0.1, -0.05) is 36.8 Å². The summed E-state index contributed by atoms with van der Waals surface area (Å²) >= 11 is 0. The van der Waals surface area contributed by atoms with Gasteiger partial charge in [-0.2, -0.15) is 0 Å². The van der Waals surface area contributed by atoms with E-state index in [-0.39, 0.29) is 12.0 Å². The Bertz CT molecular complexity index is 1060. The highest BCUT2D eigenvalue weighted by Crippen LogP contribution is 2.36. The second-order valence-corrected chi connectivity index (χ2v) is 11.1. The van der Waals surface area contributed by atoms with Crippen molar-refractivity contribution in [2.24, 2.45) is 5.92 Å². The van der Waals surface area contributed by atoms with Gasteiger partial charge < -0.3 is 29.7 Å². The summed E-state index contributed by atoms with van der Waals surface area (Å²) in [5.74, 6) is 2.07. The number of carbonyl (C=O) groups excluding carboxylic acids is 1. The molecule has 39 heavy (non-hydrogen) atoms. The van der Waals surface area contributed by atoms with Crippen molar-refractivity contribution in [2.45, 2.75) is 69.1 Å². The maximum atomic E-state index is 13.5. The zero-order chi connectivity index (χ0) is 27.0. The molecule has 5 rings (SSSR count). The lowest BCUT2D eigenvalue weighted by atomic mass is 9.78. The summed E-state index contributed by atoms with van der Waals surface area (Å²) in [7, 11) is 3.33. The maximum Gasteiger partial charge on any atom is 0.276 e. The van der Waals surface area contributed by atoms with E-state index >= 15 is 0 Å². The first-order valence-corrected chi connectivity index (χ1v) is 14.5. The van der Waals surface area contributed by atoms with Crippen LogP contribution in [0.4, 0.5) is 5.82 Å². The molecule has 4 atom stereocenters. The van der Waals surface area contributed by atoms with Gasteiger partial charge in [0.15, 0.2) is 17.3 Å². The highest BCUT2D eigenvalue weighted by Gasteiger charge is 2.32. The van der Waals surface area contributed by atoms with Gasteiger partial charge in [0, 0.05) is 45.4 Å². The van der Waals surface area contributed by atoms with Gasteiger partial charge in [-0.05, 0) is 55.9 Å². The van der Waals surface area contributed by atoms with Crippen LogP contribution in [-0.4, -0.2) is 86.0 Å². The van der Waals surface area contributed by atoms with Crippen molar-refractivity contribution in [3.63, 3.8) is 0 Å². The maximum absolute atomic E-state index is 13.5. The van der Waals surface area contributed by atoms with E-state index in [4.69, 9.17) is 14.2 Å². The van der Waals surface area contributed by atoms with Gasteiger partial charge in [-0.25, -0.2) is 9.97 Å². The van der Waals surface area contributed by atoms with Gasteiger partial charge in [0.25, 0.3) is 5.91 Å². The Morgan fingerprint density at radius 1 is 1.08 bits per heavy atom. The summed E-state index contributed by atoms with van der Waals surface area (Å²) in [6, 6.07) is 11.5. The van der Waals surface area contributed by atoms with Crippen LogP contribution >= 0.6 is 0 Å². The summed E-state index contributed by atoms with van der Waals surface area (Å²) in [6.45, 7) is 3.54. The van der Waals surface area contributed by atoms with Crippen LogP contribution in [-0.2, 0) is 9.47 Å². The van der Waals surface area contributed by atoms with Crippen LogP contribution in [0.2, 0.25) is 0 Å². The second kappa shape index (κ2) is 13.5. The summed E-state index contributed by atoms with van der Waals surface area (Å²) in [6.07, 6.45) is 9.08. The molecule has 0 spiro atoms. The van der Waals surface area contributed by atoms with Crippen LogP contribution in [0.15, 0.2) is 36.7 Å². The van der Waals surface area contributed by atoms with Crippen LogP contribution in [0.25, 0.3) is 0 Å². The molecule has 0 unspecified atom stereocenters. The number of piperidine rings is 1. The summed E-state index contributed by atoms with van der Waals surface area (Å²) in [5, 5.41) is 7.24. The smallest absolute Gasteiger partial charge is 0.276 e. The zero-order valence-electron chi connectivity index (χ0n) is 23.3. The highest BCUT2D eigenvalue weighted by atomic mass is 16.5. The number of benzene rings is 1. The third-order valence-electron chi connectivity index (χ3n) is 8.66. The average molecular weight is 538 g/mol.